The number of hydrogen-bond acceptors (Lipinski definition) is 3. The van der Waals surface area contributed by atoms with Crippen molar-refractivity contribution in [2.75, 3.05) is 13.4 Å². The number of ether oxygens (including phenoxy) is 1. The highest BCUT2D eigenvalue weighted by Gasteiger charge is 2.21. The fourth-order valence-corrected chi connectivity index (χ4v) is 2.52. The number of methoxy groups -OCH3 is 1. The van der Waals surface area contributed by atoms with Crippen molar-refractivity contribution in [3.8, 4) is 5.75 Å². The van der Waals surface area contributed by atoms with E-state index >= 15 is 0 Å². The van der Waals surface area contributed by atoms with Crippen LogP contribution in [0.3, 0.4) is 0 Å². The van der Waals surface area contributed by atoms with Crippen molar-refractivity contribution >= 4 is 34.4 Å². The van der Waals surface area contributed by atoms with E-state index < -0.39 is 5.82 Å². The fourth-order valence-electron chi connectivity index (χ4n) is 2.06. The van der Waals surface area contributed by atoms with Crippen LogP contribution in [0.2, 0.25) is 0 Å². The highest BCUT2D eigenvalue weighted by Crippen LogP contribution is 2.30. The van der Waals surface area contributed by atoms with E-state index in [9.17, 15) is 4.39 Å². The normalized spacial score (nSPS) is 12.1. The lowest BCUT2D eigenvalue weighted by atomic mass is 10.2. The van der Waals surface area contributed by atoms with Gasteiger partial charge in [0, 0.05) is 23.4 Å². The maximum Gasteiger partial charge on any atom is 0.167 e. The first-order valence-electron chi connectivity index (χ1n) is 6.25. The first-order valence-corrected chi connectivity index (χ1v) is 8.01. The van der Waals surface area contributed by atoms with E-state index in [0.29, 0.717) is 11.4 Å². The summed E-state index contributed by atoms with van der Waals surface area (Å²) in [6.07, 6.45) is 2.07. The van der Waals surface area contributed by atoms with Crippen LogP contribution in [0.5, 0.6) is 5.75 Å². The van der Waals surface area contributed by atoms with E-state index in [1.54, 1.807) is 17.8 Å². The zero-order valence-electron chi connectivity index (χ0n) is 12.0. The Morgan fingerprint density at radius 1 is 1.45 bits per heavy atom. The van der Waals surface area contributed by atoms with Gasteiger partial charge >= 0.3 is 0 Å². The topological polar surface area (TPSA) is 27.1 Å². The lowest BCUT2D eigenvalue weighted by Crippen LogP contribution is -2.23. The molecule has 0 atom stereocenters. The average Bonchev–Trinajstić information content (AvgIpc) is 2.74. The lowest BCUT2D eigenvalue weighted by Gasteiger charge is -2.24. The van der Waals surface area contributed by atoms with Crippen molar-refractivity contribution in [1.82, 2.24) is 9.55 Å². The largest absolute Gasteiger partial charge is 0.494 e. The number of thioether (sulfide) groups is 1. The molecule has 20 heavy (non-hydrogen) atoms. The molecule has 3 nitrogen and oxygen atoms in total. The molecule has 0 aliphatic carbocycles. The first kappa shape index (κ1) is 15.4. The van der Waals surface area contributed by atoms with Gasteiger partial charge in [0.25, 0.3) is 0 Å². The molecule has 0 saturated carbocycles. The summed E-state index contributed by atoms with van der Waals surface area (Å²) in [5.74, 6) is 0.858. The van der Waals surface area contributed by atoms with Crippen molar-refractivity contribution in [2.24, 2.45) is 0 Å². The maximum atomic E-state index is 13.8. The van der Waals surface area contributed by atoms with Gasteiger partial charge in [-0.2, -0.15) is 11.8 Å². The quantitative estimate of drug-likeness (QED) is 0.778. The molecule has 0 spiro atoms. The number of nitrogens with zero attached hydrogens (tertiary/aromatic N) is 2. The summed E-state index contributed by atoms with van der Waals surface area (Å²) in [5.41, 5.74) is 1.46. The minimum Gasteiger partial charge on any atom is -0.494 e. The second-order valence-corrected chi connectivity index (χ2v) is 6.97. The van der Waals surface area contributed by atoms with Gasteiger partial charge in [-0.15, -0.1) is 11.6 Å². The van der Waals surface area contributed by atoms with E-state index in [1.807, 2.05) is 4.57 Å². The molecule has 0 fully saturated rings. The van der Waals surface area contributed by atoms with Gasteiger partial charge in [0.15, 0.2) is 11.6 Å². The monoisotopic (exact) mass is 316 g/mol. The molecule has 0 saturated heterocycles. The van der Waals surface area contributed by atoms with Gasteiger partial charge in [-0.1, -0.05) is 0 Å². The Balaban J connectivity index is 2.61. The molecule has 1 aromatic carbocycles. The number of alkyl halides is 1. The second-order valence-electron chi connectivity index (χ2n) is 5.19. The van der Waals surface area contributed by atoms with Crippen LogP contribution in [-0.2, 0) is 12.4 Å². The van der Waals surface area contributed by atoms with Gasteiger partial charge in [-0.3, -0.25) is 0 Å². The Bertz CT molecular complexity index is 627. The Morgan fingerprint density at radius 2 is 2.15 bits per heavy atom. The second kappa shape index (κ2) is 5.82. The molecular formula is C14H18ClFN2OS. The summed E-state index contributed by atoms with van der Waals surface area (Å²) in [6, 6.07) is 3.08. The molecule has 0 radical (unpaired) electrons. The molecule has 0 N–H and O–H groups in total. The molecule has 2 aromatic rings. The van der Waals surface area contributed by atoms with Crippen molar-refractivity contribution in [3.05, 3.63) is 23.8 Å². The molecule has 0 amide bonds. The van der Waals surface area contributed by atoms with E-state index in [0.717, 1.165) is 17.9 Å². The predicted molar refractivity (Wildman–Crippen MR) is 83.4 cm³/mol. The van der Waals surface area contributed by atoms with E-state index in [1.165, 1.54) is 13.2 Å². The number of imidazole rings is 1. The number of hydrogen-bond donors (Lipinski definition) is 0. The minimum absolute atomic E-state index is 0.0378. The van der Waals surface area contributed by atoms with Crippen molar-refractivity contribution in [3.63, 3.8) is 0 Å². The van der Waals surface area contributed by atoms with Gasteiger partial charge in [-0.05, 0) is 20.1 Å². The van der Waals surface area contributed by atoms with E-state index in [2.05, 4.69) is 25.1 Å². The maximum absolute atomic E-state index is 13.8. The summed E-state index contributed by atoms with van der Waals surface area (Å²) in [7, 11) is 1.46. The summed E-state index contributed by atoms with van der Waals surface area (Å²) in [5, 5.41) is 0. The Morgan fingerprint density at radius 3 is 2.70 bits per heavy atom. The van der Waals surface area contributed by atoms with Crippen LogP contribution >= 0.6 is 23.4 Å². The van der Waals surface area contributed by atoms with Gasteiger partial charge < -0.3 is 9.30 Å². The van der Waals surface area contributed by atoms with Crippen molar-refractivity contribution in [1.29, 1.82) is 0 Å². The first-order chi connectivity index (χ1) is 9.41. The van der Waals surface area contributed by atoms with Crippen LogP contribution in [-0.4, -0.2) is 27.7 Å². The molecular weight excluding hydrogens is 299 g/mol. The zero-order valence-corrected chi connectivity index (χ0v) is 13.6. The van der Waals surface area contributed by atoms with Crippen LogP contribution in [0.4, 0.5) is 4.39 Å². The molecule has 6 heteroatoms. The Labute approximate surface area is 127 Å². The van der Waals surface area contributed by atoms with Gasteiger partial charge in [0.05, 0.1) is 24.0 Å². The van der Waals surface area contributed by atoms with Crippen LogP contribution in [0.1, 0.15) is 19.7 Å². The number of benzene rings is 1. The molecule has 0 bridgehead atoms. The lowest BCUT2D eigenvalue weighted by molar-refractivity contribution is 0.387. The third kappa shape index (κ3) is 2.88. The summed E-state index contributed by atoms with van der Waals surface area (Å²) in [4.78, 5) is 4.41. The molecule has 0 unspecified atom stereocenters. The van der Waals surface area contributed by atoms with Crippen molar-refractivity contribution < 1.29 is 9.13 Å². The number of aromatic nitrogens is 2. The molecule has 1 aromatic heterocycles. The van der Waals surface area contributed by atoms with Gasteiger partial charge in [0.1, 0.15) is 5.82 Å². The summed E-state index contributed by atoms with van der Waals surface area (Å²) < 4.78 is 20.9. The SMILES string of the molecule is COc1cc2c(cc1F)nc(CCl)n2CC(C)(C)SC. The molecule has 0 aliphatic rings. The van der Waals surface area contributed by atoms with Crippen LogP contribution in [0.25, 0.3) is 11.0 Å². The van der Waals surface area contributed by atoms with Crippen LogP contribution in [0.15, 0.2) is 12.1 Å². The average molecular weight is 317 g/mol. The van der Waals surface area contributed by atoms with E-state index in [4.69, 9.17) is 16.3 Å². The third-order valence-electron chi connectivity index (χ3n) is 3.31. The standard InChI is InChI=1S/C14H18ClFN2OS/c1-14(2,20-4)8-18-11-6-12(19-3)9(16)5-10(11)17-13(18)7-15/h5-6H,7-8H2,1-4H3. The predicted octanol–water partition coefficient (Wildman–Crippen LogP) is 4.06. The van der Waals surface area contributed by atoms with Crippen LogP contribution in [0, 0.1) is 5.82 Å². The summed E-state index contributed by atoms with van der Waals surface area (Å²) in [6.45, 7) is 5.06. The van der Waals surface area contributed by atoms with Gasteiger partial charge in [-0.25, -0.2) is 9.37 Å². The highest BCUT2D eigenvalue weighted by molar-refractivity contribution is 7.99. The number of rotatable bonds is 5. The molecule has 0 aliphatic heterocycles. The summed E-state index contributed by atoms with van der Waals surface area (Å²) >= 11 is 7.74. The van der Waals surface area contributed by atoms with Gasteiger partial charge in [0.2, 0.25) is 0 Å². The zero-order chi connectivity index (χ0) is 14.9. The Hall–Kier alpha value is -0.940. The molecule has 1 heterocycles. The number of halogens is 2. The highest BCUT2D eigenvalue weighted by atomic mass is 35.5. The minimum atomic E-state index is -0.408. The molecule has 2 rings (SSSR count). The molecule has 110 valence electrons. The van der Waals surface area contributed by atoms with Crippen LogP contribution < -0.4 is 4.74 Å². The smallest absolute Gasteiger partial charge is 0.167 e. The number of fused-ring (bicyclic) bond motifs is 1. The fraction of sp³-hybridized carbons (Fsp3) is 0.500. The third-order valence-corrected chi connectivity index (χ3v) is 4.79. The Kier molecular flexibility index (Phi) is 4.49. The van der Waals surface area contributed by atoms with E-state index in [-0.39, 0.29) is 10.5 Å². The van der Waals surface area contributed by atoms with Crippen molar-refractivity contribution in [2.45, 2.75) is 31.0 Å².